The number of nitrogens with zero attached hydrogens (tertiary/aromatic N) is 1. The van der Waals surface area contributed by atoms with Crippen molar-refractivity contribution >= 4 is 23.4 Å². The first-order valence-electron chi connectivity index (χ1n) is 5.50. The zero-order valence-electron chi connectivity index (χ0n) is 9.66. The van der Waals surface area contributed by atoms with Gasteiger partial charge in [-0.05, 0) is 37.7 Å². The van der Waals surface area contributed by atoms with Gasteiger partial charge in [0, 0.05) is 29.6 Å². The maximum atomic E-state index is 6.02. The number of nitrogens with one attached hydrogen (secondary N) is 1. The minimum Gasteiger partial charge on any atom is -0.313 e. The third-order valence-corrected chi connectivity index (χ3v) is 4.60. The molecular weight excluding hydrogens is 240 g/mol. The molecule has 88 valence electrons. The first-order chi connectivity index (χ1) is 7.66. The Balaban J connectivity index is 2.05. The summed E-state index contributed by atoms with van der Waals surface area (Å²) in [5, 5.41) is 4.79. The summed E-state index contributed by atoms with van der Waals surface area (Å²) in [4.78, 5) is 3.69. The van der Waals surface area contributed by atoms with E-state index in [1.807, 2.05) is 17.8 Å². The lowest BCUT2D eigenvalue weighted by Gasteiger charge is -2.32. The Kier molecular flexibility index (Phi) is 4.14. The first-order valence-corrected chi connectivity index (χ1v) is 6.76. The van der Waals surface area contributed by atoms with Crippen LogP contribution in [0.15, 0.2) is 23.1 Å². The summed E-state index contributed by atoms with van der Waals surface area (Å²) >= 11 is 7.92. The van der Waals surface area contributed by atoms with Crippen molar-refractivity contribution < 1.29 is 0 Å². The van der Waals surface area contributed by atoms with E-state index in [0.29, 0.717) is 5.37 Å². The molecule has 16 heavy (non-hydrogen) atoms. The highest BCUT2D eigenvalue weighted by Gasteiger charge is 2.19. The fourth-order valence-corrected chi connectivity index (χ4v) is 3.07. The smallest absolute Gasteiger partial charge is 0.0728 e. The number of rotatable bonds is 2. The van der Waals surface area contributed by atoms with E-state index in [9.17, 15) is 0 Å². The van der Waals surface area contributed by atoms with Gasteiger partial charge in [-0.25, -0.2) is 0 Å². The van der Waals surface area contributed by atoms with Crippen molar-refractivity contribution in [2.24, 2.45) is 0 Å². The Hall–Kier alpha value is -0.220. The highest BCUT2D eigenvalue weighted by atomic mass is 35.5. The Morgan fingerprint density at radius 3 is 3.00 bits per heavy atom. The van der Waals surface area contributed by atoms with E-state index in [-0.39, 0.29) is 0 Å². The van der Waals surface area contributed by atoms with Crippen LogP contribution in [0.5, 0.6) is 0 Å². The summed E-state index contributed by atoms with van der Waals surface area (Å²) in [6, 6.07) is 6.24. The summed E-state index contributed by atoms with van der Waals surface area (Å²) in [5.41, 5.74) is 1.15. The van der Waals surface area contributed by atoms with Crippen LogP contribution in [0, 0.1) is 6.92 Å². The van der Waals surface area contributed by atoms with Crippen LogP contribution in [0.2, 0.25) is 5.02 Å². The van der Waals surface area contributed by atoms with Crippen LogP contribution in [0.4, 0.5) is 0 Å². The topological polar surface area (TPSA) is 15.3 Å². The van der Waals surface area contributed by atoms with Gasteiger partial charge in [0.25, 0.3) is 0 Å². The second-order valence-corrected chi connectivity index (χ2v) is 5.83. The molecule has 1 N–H and O–H groups in total. The molecule has 1 unspecified atom stereocenters. The fourth-order valence-electron chi connectivity index (χ4n) is 1.76. The number of aryl methyl sites for hydroxylation is 1. The molecule has 0 saturated carbocycles. The van der Waals surface area contributed by atoms with Crippen LogP contribution in [-0.2, 0) is 0 Å². The van der Waals surface area contributed by atoms with Crippen molar-refractivity contribution in [3.8, 4) is 0 Å². The van der Waals surface area contributed by atoms with Crippen molar-refractivity contribution in [2.45, 2.75) is 17.2 Å². The molecule has 1 aromatic rings. The van der Waals surface area contributed by atoms with Gasteiger partial charge in [-0.2, -0.15) is 0 Å². The van der Waals surface area contributed by atoms with E-state index in [4.69, 9.17) is 11.6 Å². The molecule has 0 spiro atoms. The average Bonchev–Trinajstić information content (AvgIpc) is 2.27. The van der Waals surface area contributed by atoms with Crippen LogP contribution in [0.1, 0.15) is 5.56 Å². The molecule has 0 aromatic heterocycles. The monoisotopic (exact) mass is 256 g/mol. The normalized spacial score (nSPS) is 22.3. The molecule has 1 atom stereocenters. The lowest BCUT2D eigenvalue weighted by atomic mass is 10.2. The number of likely N-dealkylation sites (N-methyl/N-ethyl adjacent to an activating group) is 1. The minimum absolute atomic E-state index is 0.523. The molecule has 4 heteroatoms. The molecule has 1 aliphatic rings. The molecule has 1 aromatic carbocycles. The third kappa shape index (κ3) is 2.92. The van der Waals surface area contributed by atoms with E-state index < -0.39 is 0 Å². The molecule has 2 nitrogen and oxygen atoms in total. The predicted molar refractivity (Wildman–Crippen MR) is 71.3 cm³/mol. The van der Waals surface area contributed by atoms with E-state index in [0.717, 1.165) is 30.2 Å². The van der Waals surface area contributed by atoms with Gasteiger partial charge in [0.2, 0.25) is 0 Å². The summed E-state index contributed by atoms with van der Waals surface area (Å²) < 4.78 is 0. The van der Waals surface area contributed by atoms with Crippen LogP contribution in [0.3, 0.4) is 0 Å². The minimum atomic E-state index is 0.523. The van der Waals surface area contributed by atoms with Gasteiger partial charge in [0.15, 0.2) is 0 Å². The number of thioether (sulfide) groups is 1. The first kappa shape index (κ1) is 12.2. The largest absolute Gasteiger partial charge is 0.313 e. The Labute approximate surface area is 106 Å². The lowest BCUT2D eigenvalue weighted by Crippen LogP contribution is -2.47. The highest BCUT2D eigenvalue weighted by Crippen LogP contribution is 2.28. The van der Waals surface area contributed by atoms with E-state index >= 15 is 0 Å². The zero-order valence-corrected chi connectivity index (χ0v) is 11.2. The van der Waals surface area contributed by atoms with Crippen LogP contribution in [0.25, 0.3) is 0 Å². The van der Waals surface area contributed by atoms with Gasteiger partial charge in [0.1, 0.15) is 0 Å². The number of benzene rings is 1. The molecule has 1 heterocycles. The molecule has 0 amide bonds. The maximum Gasteiger partial charge on any atom is 0.0728 e. The predicted octanol–water partition coefficient (Wildman–Crippen LogP) is 2.60. The lowest BCUT2D eigenvalue weighted by molar-refractivity contribution is 0.266. The molecule has 2 rings (SSSR count). The van der Waals surface area contributed by atoms with Crippen LogP contribution < -0.4 is 5.32 Å². The third-order valence-electron chi connectivity index (χ3n) is 2.85. The Morgan fingerprint density at radius 1 is 1.50 bits per heavy atom. The maximum absolute atomic E-state index is 6.02. The number of hydrogen-bond acceptors (Lipinski definition) is 3. The van der Waals surface area contributed by atoms with E-state index in [1.165, 1.54) is 4.90 Å². The van der Waals surface area contributed by atoms with Crippen molar-refractivity contribution in [3.63, 3.8) is 0 Å². The number of halogens is 1. The molecule has 1 fully saturated rings. The fraction of sp³-hybridized carbons (Fsp3) is 0.500. The second kappa shape index (κ2) is 5.41. The van der Waals surface area contributed by atoms with Gasteiger partial charge in [-0.3, -0.25) is 4.90 Å². The molecule has 0 radical (unpaired) electrons. The van der Waals surface area contributed by atoms with Crippen LogP contribution >= 0.6 is 23.4 Å². The molecule has 0 bridgehead atoms. The van der Waals surface area contributed by atoms with Crippen molar-refractivity contribution in [1.82, 2.24) is 10.2 Å². The van der Waals surface area contributed by atoms with Crippen molar-refractivity contribution in [2.75, 3.05) is 26.7 Å². The molecule has 1 saturated heterocycles. The van der Waals surface area contributed by atoms with E-state index in [2.05, 4.69) is 36.3 Å². The van der Waals surface area contributed by atoms with Gasteiger partial charge in [0.05, 0.1) is 5.37 Å². The number of piperazine rings is 1. The quantitative estimate of drug-likeness (QED) is 0.876. The standard InChI is InChI=1S/C12H17ClN2S/c1-9-7-10(3-4-11(9)13)16-12-8-14-5-6-15(12)2/h3-4,7,12,14H,5-6,8H2,1-2H3. The van der Waals surface area contributed by atoms with Crippen LogP contribution in [-0.4, -0.2) is 37.0 Å². The molecular formula is C12H17ClN2S. The SMILES string of the molecule is Cc1cc(SC2CNCCN2C)ccc1Cl. The Morgan fingerprint density at radius 2 is 2.31 bits per heavy atom. The number of hydrogen-bond donors (Lipinski definition) is 1. The second-order valence-electron chi connectivity index (χ2n) is 4.17. The summed E-state index contributed by atoms with van der Waals surface area (Å²) in [6.07, 6.45) is 0. The van der Waals surface area contributed by atoms with Gasteiger partial charge >= 0.3 is 0 Å². The zero-order chi connectivity index (χ0) is 11.5. The van der Waals surface area contributed by atoms with E-state index in [1.54, 1.807) is 0 Å². The Bertz CT molecular complexity index is 370. The molecule has 1 aliphatic heterocycles. The molecule has 0 aliphatic carbocycles. The highest BCUT2D eigenvalue weighted by molar-refractivity contribution is 8.00. The van der Waals surface area contributed by atoms with Gasteiger partial charge in [-0.1, -0.05) is 11.6 Å². The summed E-state index contributed by atoms with van der Waals surface area (Å²) in [7, 11) is 2.18. The van der Waals surface area contributed by atoms with Crippen molar-refractivity contribution in [3.05, 3.63) is 28.8 Å². The van der Waals surface area contributed by atoms with Gasteiger partial charge < -0.3 is 5.32 Å². The summed E-state index contributed by atoms with van der Waals surface area (Å²) in [5.74, 6) is 0. The summed E-state index contributed by atoms with van der Waals surface area (Å²) in [6.45, 7) is 5.30. The average molecular weight is 257 g/mol. The van der Waals surface area contributed by atoms with Crippen molar-refractivity contribution in [1.29, 1.82) is 0 Å². The van der Waals surface area contributed by atoms with Gasteiger partial charge in [-0.15, -0.1) is 11.8 Å².